The van der Waals surface area contributed by atoms with Gasteiger partial charge in [0.1, 0.15) is 0 Å². The average Bonchev–Trinajstić information content (AvgIpc) is 3.13. The van der Waals surface area contributed by atoms with E-state index in [1.165, 1.54) is 23.2 Å². The minimum Gasteiger partial charge on any atom is -0.407 e. The van der Waals surface area contributed by atoms with Crippen LogP contribution in [0.3, 0.4) is 0 Å². The highest BCUT2D eigenvalue weighted by Gasteiger charge is 2.49. The fourth-order valence-corrected chi connectivity index (χ4v) is 8.64. The Morgan fingerprint density at radius 2 is 1.48 bits per heavy atom. The van der Waals surface area contributed by atoms with Gasteiger partial charge in [0.05, 0.1) is 0 Å². The zero-order valence-electron chi connectivity index (χ0n) is 15.7. The first-order valence-corrected chi connectivity index (χ1v) is 11.4. The standard InChI is InChI=1S/C23H30OSi/c1-23(2,3)25(21-14-6-4-7-15-21,22-16-8-5-9-17-22)24-19-18-20-12-10-11-13-20/h4-10,12,14-17,20H,11,13,18-19H2,1-3H3. The second-order valence-electron chi connectivity index (χ2n) is 8.07. The highest BCUT2D eigenvalue weighted by molar-refractivity contribution is 6.99. The number of allylic oxidation sites excluding steroid dienone is 2. The molecule has 0 N–H and O–H groups in total. The van der Waals surface area contributed by atoms with Crippen LogP contribution >= 0.6 is 0 Å². The third-order valence-electron chi connectivity index (χ3n) is 5.34. The lowest BCUT2D eigenvalue weighted by molar-refractivity contribution is 0.274. The van der Waals surface area contributed by atoms with E-state index >= 15 is 0 Å². The number of rotatable bonds is 6. The smallest absolute Gasteiger partial charge is 0.261 e. The number of hydrogen-bond donors (Lipinski definition) is 0. The van der Waals surface area contributed by atoms with E-state index in [2.05, 4.69) is 93.6 Å². The quantitative estimate of drug-likeness (QED) is 0.531. The first-order chi connectivity index (χ1) is 12.0. The normalized spacial score (nSPS) is 17.8. The van der Waals surface area contributed by atoms with Gasteiger partial charge in [-0.3, -0.25) is 0 Å². The van der Waals surface area contributed by atoms with Gasteiger partial charge in [0.15, 0.2) is 0 Å². The Hall–Kier alpha value is -1.64. The molecular formula is C23H30OSi. The summed E-state index contributed by atoms with van der Waals surface area (Å²) in [6.07, 6.45) is 8.32. The fraction of sp³-hybridized carbons (Fsp3) is 0.391. The molecule has 1 aliphatic rings. The maximum atomic E-state index is 6.93. The molecule has 0 saturated heterocycles. The van der Waals surface area contributed by atoms with Gasteiger partial charge < -0.3 is 4.43 Å². The Balaban J connectivity index is 1.97. The zero-order valence-corrected chi connectivity index (χ0v) is 16.7. The summed E-state index contributed by atoms with van der Waals surface area (Å²) in [5.74, 6) is 0.693. The van der Waals surface area contributed by atoms with Crippen molar-refractivity contribution in [3.05, 3.63) is 72.8 Å². The zero-order chi connectivity index (χ0) is 17.8. The average molecular weight is 351 g/mol. The van der Waals surface area contributed by atoms with Gasteiger partial charge in [-0.05, 0) is 40.6 Å². The molecule has 0 aromatic heterocycles. The molecular weight excluding hydrogens is 320 g/mol. The van der Waals surface area contributed by atoms with Crippen LogP contribution in [-0.4, -0.2) is 14.9 Å². The molecule has 0 fully saturated rings. The van der Waals surface area contributed by atoms with Crippen molar-refractivity contribution in [2.75, 3.05) is 6.61 Å². The van der Waals surface area contributed by atoms with Crippen molar-refractivity contribution >= 4 is 18.7 Å². The first-order valence-electron chi connectivity index (χ1n) is 9.46. The predicted octanol–water partition coefficient (Wildman–Crippen LogP) is 4.92. The van der Waals surface area contributed by atoms with Crippen molar-refractivity contribution in [1.82, 2.24) is 0 Å². The fourth-order valence-electron chi connectivity index (χ4n) is 4.06. The molecule has 132 valence electrons. The molecule has 1 aliphatic carbocycles. The molecule has 0 spiro atoms. The van der Waals surface area contributed by atoms with Crippen LogP contribution in [0.4, 0.5) is 0 Å². The molecule has 2 aromatic carbocycles. The molecule has 1 nitrogen and oxygen atoms in total. The van der Waals surface area contributed by atoms with Gasteiger partial charge in [-0.15, -0.1) is 0 Å². The second-order valence-corrected chi connectivity index (χ2v) is 12.4. The van der Waals surface area contributed by atoms with E-state index in [0.717, 1.165) is 13.0 Å². The lowest BCUT2D eigenvalue weighted by Crippen LogP contribution is -2.66. The van der Waals surface area contributed by atoms with E-state index in [9.17, 15) is 0 Å². The third kappa shape index (κ3) is 3.80. The van der Waals surface area contributed by atoms with Crippen molar-refractivity contribution in [2.45, 2.75) is 45.1 Å². The second kappa shape index (κ2) is 7.71. The number of hydrogen-bond acceptors (Lipinski definition) is 1. The van der Waals surface area contributed by atoms with E-state index in [0.29, 0.717) is 5.92 Å². The largest absolute Gasteiger partial charge is 0.407 e. The van der Waals surface area contributed by atoms with Gasteiger partial charge >= 0.3 is 0 Å². The summed E-state index contributed by atoms with van der Waals surface area (Å²) < 4.78 is 6.93. The summed E-state index contributed by atoms with van der Waals surface area (Å²) in [6.45, 7) is 7.86. The van der Waals surface area contributed by atoms with Gasteiger partial charge in [-0.25, -0.2) is 0 Å². The van der Waals surface area contributed by atoms with Gasteiger partial charge in [0.25, 0.3) is 8.32 Å². The lowest BCUT2D eigenvalue weighted by Gasteiger charge is -2.43. The Morgan fingerprint density at radius 1 is 0.920 bits per heavy atom. The topological polar surface area (TPSA) is 9.23 Å². The molecule has 0 bridgehead atoms. The van der Waals surface area contributed by atoms with Gasteiger partial charge in [0, 0.05) is 6.61 Å². The van der Waals surface area contributed by atoms with Crippen molar-refractivity contribution < 1.29 is 4.43 Å². The van der Waals surface area contributed by atoms with Crippen molar-refractivity contribution in [3.8, 4) is 0 Å². The Labute approximate surface area is 153 Å². The highest BCUT2D eigenvalue weighted by atomic mass is 28.4. The molecule has 0 aliphatic heterocycles. The molecule has 0 saturated carbocycles. The van der Waals surface area contributed by atoms with Crippen LogP contribution in [0.5, 0.6) is 0 Å². The maximum Gasteiger partial charge on any atom is 0.261 e. The van der Waals surface area contributed by atoms with Gasteiger partial charge in [-0.2, -0.15) is 0 Å². The summed E-state index contributed by atoms with van der Waals surface area (Å²) in [5.41, 5.74) is 0. The van der Waals surface area contributed by atoms with Crippen molar-refractivity contribution in [1.29, 1.82) is 0 Å². The van der Waals surface area contributed by atoms with Crippen LogP contribution in [0.25, 0.3) is 0 Å². The van der Waals surface area contributed by atoms with Crippen LogP contribution in [0.15, 0.2) is 72.8 Å². The molecule has 3 rings (SSSR count). The van der Waals surface area contributed by atoms with E-state index in [4.69, 9.17) is 4.43 Å². The van der Waals surface area contributed by atoms with Crippen molar-refractivity contribution in [3.63, 3.8) is 0 Å². The predicted molar refractivity (Wildman–Crippen MR) is 110 cm³/mol. The van der Waals surface area contributed by atoms with Crippen LogP contribution in [0, 0.1) is 5.92 Å². The van der Waals surface area contributed by atoms with Crippen LogP contribution in [-0.2, 0) is 4.43 Å². The van der Waals surface area contributed by atoms with Crippen LogP contribution < -0.4 is 10.4 Å². The Morgan fingerprint density at radius 3 is 1.92 bits per heavy atom. The van der Waals surface area contributed by atoms with E-state index in [1.54, 1.807) is 0 Å². The Bertz CT molecular complexity index is 646. The summed E-state index contributed by atoms with van der Waals surface area (Å²) in [4.78, 5) is 0. The monoisotopic (exact) mass is 350 g/mol. The molecule has 0 radical (unpaired) electrons. The van der Waals surface area contributed by atoms with E-state index in [1.807, 2.05) is 0 Å². The van der Waals surface area contributed by atoms with E-state index < -0.39 is 8.32 Å². The van der Waals surface area contributed by atoms with Crippen LogP contribution in [0.2, 0.25) is 5.04 Å². The number of benzene rings is 2. The summed E-state index contributed by atoms with van der Waals surface area (Å²) >= 11 is 0. The molecule has 1 atom stereocenters. The minimum absolute atomic E-state index is 0.0707. The van der Waals surface area contributed by atoms with Gasteiger partial charge in [0.2, 0.25) is 0 Å². The molecule has 25 heavy (non-hydrogen) atoms. The Kier molecular flexibility index (Phi) is 5.60. The molecule has 2 aromatic rings. The summed E-state index contributed by atoms with van der Waals surface area (Å²) in [7, 11) is -2.35. The lowest BCUT2D eigenvalue weighted by atomic mass is 10.1. The molecule has 0 heterocycles. The molecule has 1 unspecified atom stereocenters. The minimum atomic E-state index is -2.35. The van der Waals surface area contributed by atoms with E-state index in [-0.39, 0.29) is 5.04 Å². The van der Waals surface area contributed by atoms with Crippen LogP contribution in [0.1, 0.15) is 40.0 Å². The SMILES string of the molecule is CC(C)(C)[Si](OCCC1C=CCC1)(c1ccccc1)c1ccccc1. The maximum absolute atomic E-state index is 6.93. The summed E-state index contributed by atoms with van der Waals surface area (Å²) in [5, 5.41) is 2.81. The summed E-state index contributed by atoms with van der Waals surface area (Å²) in [6, 6.07) is 21.8. The highest BCUT2D eigenvalue weighted by Crippen LogP contribution is 2.37. The first kappa shape index (κ1) is 18.2. The molecule has 2 heteroatoms. The third-order valence-corrected chi connectivity index (χ3v) is 10.4. The van der Waals surface area contributed by atoms with Gasteiger partial charge in [-0.1, -0.05) is 93.6 Å². The van der Waals surface area contributed by atoms with Crippen molar-refractivity contribution in [2.24, 2.45) is 5.92 Å². The molecule has 0 amide bonds.